The summed E-state index contributed by atoms with van der Waals surface area (Å²) in [7, 11) is 0. The quantitative estimate of drug-likeness (QED) is 0.711. The molecular formula is C19H27N3O3. The lowest BCUT2D eigenvalue weighted by Crippen LogP contribution is -2.46. The molecule has 2 N–H and O–H groups in total. The van der Waals surface area contributed by atoms with Gasteiger partial charge in [-0.3, -0.25) is 14.5 Å². The van der Waals surface area contributed by atoms with E-state index in [1.54, 1.807) is 0 Å². The van der Waals surface area contributed by atoms with E-state index in [0.717, 1.165) is 23.3 Å². The van der Waals surface area contributed by atoms with Crippen molar-refractivity contribution in [1.29, 1.82) is 0 Å². The Morgan fingerprint density at radius 3 is 2.32 bits per heavy atom. The zero-order chi connectivity index (χ0) is 18.4. The Hall–Kier alpha value is -2.37. The van der Waals surface area contributed by atoms with Crippen LogP contribution in [0.2, 0.25) is 0 Å². The van der Waals surface area contributed by atoms with E-state index in [4.69, 9.17) is 0 Å². The summed E-state index contributed by atoms with van der Waals surface area (Å²) in [6.45, 7) is 5.52. The summed E-state index contributed by atoms with van der Waals surface area (Å²) < 4.78 is 0. The van der Waals surface area contributed by atoms with Gasteiger partial charge >= 0.3 is 6.03 Å². The summed E-state index contributed by atoms with van der Waals surface area (Å²) in [6.07, 6.45) is 2.73. The van der Waals surface area contributed by atoms with Crippen molar-refractivity contribution in [1.82, 2.24) is 15.5 Å². The largest absolute Gasteiger partial charge is 0.348 e. The Morgan fingerprint density at radius 1 is 1.16 bits per heavy atom. The van der Waals surface area contributed by atoms with E-state index in [1.807, 2.05) is 44.2 Å². The normalized spacial score (nSPS) is 17.3. The van der Waals surface area contributed by atoms with Crippen molar-refractivity contribution in [3.63, 3.8) is 0 Å². The van der Waals surface area contributed by atoms with E-state index < -0.39 is 11.6 Å². The Kier molecular flexibility index (Phi) is 6.17. The topological polar surface area (TPSA) is 78.5 Å². The number of amides is 4. The van der Waals surface area contributed by atoms with E-state index in [9.17, 15) is 14.4 Å². The smallest absolute Gasteiger partial charge is 0.325 e. The Labute approximate surface area is 149 Å². The fraction of sp³-hybridized carbons (Fsp3) is 0.526. The monoisotopic (exact) mass is 345 g/mol. The number of hydrogen-bond acceptors (Lipinski definition) is 3. The predicted octanol–water partition coefficient (Wildman–Crippen LogP) is 2.75. The van der Waals surface area contributed by atoms with Crippen molar-refractivity contribution in [2.24, 2.45) is 0 Å². The van der Waals surface area contributed by atoms with Crippen molar-refractivity contribution >= 4 is 17.8 Å². The van der Waals surface area contributed by atoms with Crippen molar-refractivity contribution in [2.45, 2.75) is 58.0 Å². The van der Waals surface area contributed by atoms with Crippen LogP contribution in [0.15, 0.2) is 30.3 Å². The van der Waals surface area contributed by atoms with E-state index in [1.165, 1.54) is 0 Å². The molecule has 6 heteroatoms. The zero-order valence-corrected chi connectivity index (χ0v) is 15.2. The van der Waals surface area contributed by atoms with Crippen molar-refractivity contribution in [3.05, 3.63) is 35.9 Å². The van der Waals surface area contributed by atoms with Crippen LogP contribution >= 0.6 is 0 Å². The van der Waals surface area contributed by atoms with E-state index in [-0.39, 0.29) is 24.4 Å². The van der Waals surface area contributed by atoms with Gasteiger partial charge in [0.05, 0.1) is 6.04 Å². The highest BCUT2D eigenvalue weighted by molar-refractivity contribution is 6.09. The van der Waals surface area contributed by atoms with Gasteiger partial charge in [0.2, 0.25) is 5.91 Å². The third kappa shape index (κ3) is 4.00. The first-order chi connectivity index (χ1) is 12.0. The molecule has 0 spiro atoms. The predicted molar refractivity (Wildman–Crippen MR) is 95.8 cm³/mol. The fourth-order valence-electron chi connectivity index (χ4n) is 3.23. The van der Waals surface area contributed by atoms with Gasteiger partial charge in [-0.2, -0.15) is 0 Å². The number of nitrogens with zero attached hydrogens (tertiary/aromatic N) is 1. The molecule has 0 aromatic heterocycles. The van der Waals surface area contributed by atoms with Gasteiger partial charge in [-0.05, 0) is 24.8 Å². The number of rotatable bonds is 8. The molecule has 1 heterocycles. The van der Waals surface area contributed by atoms with Gasteiger partial charge in [0.15, 0.2) is 0 Å². The molecule has 4 amide bonds. The van der Waals surface area contributed by atoms with Crippen LogP contribution in [0.1, 0.15) is 58.1 Å². The van der Waals surface area contributed by atoms with Crippen LogP contribution in [0.25, 0.3) is 0 Å². The Morgan fingerprint density at radius 2 is 1.80 bits per heavy atom. The van der Waals surface area contributed by atoms with Gasteiger partial charge in [0.25, 0.3) is 5.91 Å². The average Bonchev–Trinajstić information content (AvgIpc) is 2.86. The summed E-state index contributed by atoms with van der Waals surface area (Å²) >= 11 is 0. The maximum absolute atomic E-state index is 12.6. The third-order valence-electron chi connectivity index (χ3n) is 4.87. The number of carbonyl (C=O) groups excluding carboxylic acids is 3. The van der Waals surface area contributed by atoms with E-state index in [2.05, 4.69) is 17.6 Å². The van der Waals surface area contributed by atoms with Crippen molar-refractivity contribution in [3.8, 4) is 0 Å². The SMILES string of the molecule is CCCC(NC(=O)CN1C(=O)NC(CC)(CC)C1=O)c1ccccc1. The molecule has 0 radical (unpaired) electrons. The number of benzene rings is 1. The molecule has 136 valence electrons. The van der Waals surface area contributed by atoms with Gasteiger partial charge in [-0.15, -0.1) is 0 Å². The molecule has 0 aliphatic carbocycles. The summed E-state index contributed by atoms with van der Waals surface area (Å²) in [5, 5.41) is 5.69. The van der Waals surface area contributed by atoms with Crippen LogP contribution in [0.5, 0.6) is 0 Å². The molecule has 0 bridgehead atoms. The number of nitrogens with one attached hydrogen (secondary N) is 2. The van der Waals surface area contributed by atoms with Gasteiger partial charge in [-0.25, -0.2) is 4.79 Å². The minimum atomic E-state index is -0.875. The maximum Gasteiger partial charge on any atom is 0.325 e. The molecule has 1 atom stereocenters. The molecular weight excluding hydrogens is 318 g/mol. The highest BCUT2D eigenvalue weighted by atomic mass is 16.2. The molecule has 2 rings (SSSR count). The summed E-state index contributed by atoms with van der Waals surface area (Å²) in [5.41, 5.74) is 0.144. The second-order valence-electron chi connectivity index (χ2n) is 6.43. The number of imide groups is 1. The maximum atomic E-state index is 12.6. The van der Waals surface area contributed by atoms with Crippen LogP contribution in [0, 0.1) is 0 Å². The van der Waals surface area contributed by atoms with E-state index >= 15 is 0 Å². The van der Waals surface area contributed by atoms with Gasteiger partial charge in [0, 0.05) is 0 Å². The summed E-state index contributed by atoms with van der Waals surface area (Å²) in [6, 6.07) is 9.10. The Balaban J connectivity index is 2.06. The molecule has 1 aromatic carbocycles. The number of carbonyl (C=O) groups is 3. The van der Waals surface area contributed by atoms with Crippen LogP contribution in [-0.4, -0.2) is 34.8 Å². The first-order valence-electron chi connectivity index (χ1n) is 8.95. The molecule has 6 nitrogen and oxygen atoms in total. The highest BCUT2D eigenvalue weighted by Gasteiger charge is 2.49. The third-order valence-corrected chi connectivity index (χ3v) is 4.87. The van der Waals surface area contributed by atoms with Gasteiger partial charge in [-0.1, -0.05) is 57.5 Å². The lowest BCUT2D eigenvalue weighted by molar-refractivity contribution is -0.135. The molecule has 1 fully saturated rings. The number of urea groups is 1. The second-order valence-corrected chi connectivity index (χ2v) is 6.43. The standard InChI is InChI=1S/C19H27N3O3/c1-4-10-15(14-11-8-7-9-12-14)20-16(23)13-22-17(24)19(5-2,6-3)21-18(22)25/h7-9,11-12,15H,4-6,10,13H2,1-3H3,(H,20,23)(H,21,25). The molecule has 1 saturated heterocycles. The average molecular weight is 345 g/mol. The minimum absolute atomic E-state index is 0.124. The Bertz CT molecular complexity index is 626. The fourth-order valence-corrected chi connectivity index (χ4v) is 3.23. The first kappa shape index (κ1) is 19.0. The van der Waals surface area contributed by atoms with Crippen molar-refractivity contribution < 1.29 is 14.4 Å². The summed E-state index contributed by atoms with van der Waals surface area (Å²) in [4.78, 5) is 38.2. The molecule has 1 aromatic rings. The molecule has 1 unspecified atom stereocenters. The van der Waals surface area contributed by atoms with Crippen LogP contribution < -0.4 is 10.6 Å². The van der Waals surface area contributed by atoms with Crippen molar-refractivity contribution in [2.75, 3.05) is 6.54 Å². The van der Waals surface area contributed by atoms with E-state index in [0.29, 0.717) is 12.8 Å². The summed E-state index contributed by atoms with van der Waals surface area (Å²) in [5.74, 6) is -0.641. The second kappa shape index (κ2) is 8.14. The number of hydrogen-bond donors (Lipinski definition) is 2. The molecule has 25 heavy (non-hydrogen) atoms. The minimum Gasteiger partial charge on any atom is -0.348 e. The lowest BCUT2D eigenvalue weighted by Gasteiger charge is -2.23. The van der Waals surface area contributed by atoms with Crippen LogP contribution in [-0.2, 0) is 9.59 Å². The van der Waals surface area contributed by atoms with Gasteiger partial charge in [0.1, 0.15) is 12.1 Å². The van der Waals surface area contributed by atoms with Gasteiger partial charge < -0.3 is 10.6 Å². The highest BCUT2D eigenvalue weighted by Crippen LogP contribution is 2.25. The zero-order valence-electron chi connectivity index (χ0n) is 15.2. The first-order valence-corrected chi connectivity index (χ1v) is 8.95. The molecule has 1 aliphatic heterocycles. The molecule has 1 aliphatic rings. The van der Waals surface area contributed by atoms with Crippen LogP contribution in [0.4, 0.5) is 4.79 Å². The lowest BCUT2D eigenvalue weighted by atomic mass is 9.93. The molecule has 0 saturated carbocycles. The van der Waals surface area contributed by atoms with Crippen LogP contribution in [0.3, 0.4) is 0 Å².